The van der Waals surface area contributed by atoms with Gasteiger partial charge in [-0.1, -0.05) is 42.4 Å². The SMILES string of the molecule is COC(=O)[C@@H](NCc1ccccc1)[C@H](C)N=[N+]=[N-]. The molecule has 0 aliphatic heterocycles. The van der Waals surface area contributed by atoms with E-state index in [0.29, 0.717) is 6.54 Å². The zero-order chi connectivity index (χ0) is 13.4. The summed E-state index contributed by atoms with van der Waals surface area (Å²) in [5.41, 5.74) is 9.44. The quantitative estimate of drug-likeness (QED) is 0.361. The molecule has 96 valence electrons. The number of carbonyl (C=O) groups is 1. The highest BCUT2D eigenvalue weighted by atomic mass is 16.5. The van der Waals surface area contributed by atoms with Gasteiger partial charge in [-0.15, -0.1) is 0 Å². The van der Waals surface area contributed by atoms with Crippen LogP contribution in [0.1, 0.15) is 12.5 Å². The molecule has 0 aliphatic rings. The number of azide groups is 1. The van der Waals surface area contributed by atoms with E-state index in [1.165, 1.54) is 7.11 Å². The molecule has 2 atom stereocenters. The number of hydrogen-bond donors (Lipinski definition) is 1. The summed E-state index contributed by atoms with van der Waals surface area (Å²) in [6.45, 7) is 2.17. The largest absolute Gasteiger partial charge is 0.468 e. The van der Waals surface area contributed by atoms with Crippen molar-refractivity contribution >= 4 is 5.97 Å². The number of hydrogen-bond acceptors (Lipinski definition) is 4. The van der Waals surface area contributed by atoms with Crippen LogP contribution in [-0.2, 0) is 16.1 Å². The summed E-state index contributed by atoms with van der Waals surface area (Å²) in [4.78, 5) is 14.3. The van der Waals surface area contributed by atoms with Crippen molar-refractivity contribution in [3.63, 3.8) is 0 Å². The molecule has 0 saturated carbocycles. The van der Waals surface area contributed by atoms with Gasteiger partial charge in [0, 0.05) is 11.5 Å². The van der Waals surface area contributed by atoms with E-state index in [9.17, 15) is 4.79 Å². The third-order valence-corrected chi connectivity index (χ3v) is 2.54. The predicted octanol–water partition coefficient (Wildman–Crippen LogP) is 2.02. The molecule has 1 aromatic carbocycles. The van der Waals surface area contributed by atoms with Gasteiger partial charge in [-0.25, -0.2) is 0 Å². The van der Waals surface area contributed by atoms with Crippen LogP contribution >= 0.6 is 0 Å². The number of nitrogens with zero attached hydrogens (tertiary/aromatic N) is 3. The fourth-order valence-corrected chi connectivity index (χ4v) is 1.55. The summed E-state index contributed by atoms with van der Waals surface area (Å²) in [6, 6.07) is 8.49. The molecule has 1 rings (SSSR count). The zero-order valence-corrected chi connectivity index (χ0v) is 10.4. The number of carbonyl (C=O) groups excluding carboxylic acids is 1. The molecular weight excluding hydrogens is 232 g/mol. The zero-order valence-electron chi connectivity index (χ0n) is 10.4. The van der Waals surface area contributed by atoms with Gasteiger partial charge < -0.3 is 4.74 Å². The number of benzene rings is 1. The van der Waals surface area contributed by atoms with Crippen molar-refractivity contribution < 1.29 is 9.53 Å². The van der Waals surface area contributed by atoms with Crippen molar-refractivity contribution in [1.29, 1.82) is 0 Å². The van der Waals surface area contributed by atoms with Crippen molar-refractivity contribution in [2.75, 3.05) is 7.11 Å². The minimum absolute atomic E-state index is 0.439. The molecule has 0 aromatic heterocycles. The molecule has 0 aliphatic carbocycles. The number of rotatable bonds is 6. The summed E-state index contributed by atoms with van der Waals surface area (Å²) in [5.74, 6) is -0.439. The Bertz CT molecular complexity index is 429. The fraction of sp³-hybridized carbons (Fsp3) is 0.417. The van der Waals surface area contributed by atoms with E-state index in [0.717, 1.165) is 5.56 Å². The predicted molar refractivity (Wildman–Crippen MR) is 67.7 cm³/mol. The average Bonchev–Trinajstić information content (AvgIpc) is 2.40. The Morgan fingerprint density at radius 1 is 1.50 bits per heavy atom. The van der Waals surface area contributed by atoms with Gasteiger partial charge in [0.15, 0.2) is 0 Å². The molecule has 6 heteroatoms. The van der Waals surface area contributed by atoms with Crippen LogP contribution in [0, 0.1) is 0 Å². The minimum atomic E-state index is -0.647. The maximum atomic E-state index is 11.6. The van der Waals surface area contributed by atoms with E-state index in [1.54, 1.807) is 6.92 Å². The van der Waals surface area contributed by atoms with Crippen molar-refractivity contribution in [2.45, 2.75) is 25.6 Å². The number of nitrogens with one attached hydrogen (secondary N) is 1. The molecule has 18 heavy (non-hydrogen) atoms. The molecule has 0 fully saturated rings. The van der Waals surface area contributed by atoms with E-state index in [2.05, 4.69) is 20.1 Å². The van der Waals surface area contributed by atoms with Crippen molar-refractivity contribution in [3.05, 3.63) is 46.3 Å². The summed E-state index contributed by atoms with van der Waals surface area (Å²) in [6.07, 6.45) is 0. The average molecular weight is 248 g/mol. The van der Waals surface area contributed by atoms with Gasteiger partial charge in [0.1, 0.15) is 6.04 Å². The lowest BCUT2D eigenvalue weighted by atomic mass is 10.1. The Morgan fingerprint density at radius 3 is 2.72 bits per heavy atom. The Hall–Kier alpha value is -2.04. The Morgan fingerprint density at radius 2 is 2.17 bits per heavy atom. The van der Waals surface area contributed by atoms with Crippen LogP contribution in [0.4, 0.5) is 0 Å². The van der Waals surface area contributed by atoms with E-state index in [4.69, 9.17) is 5.53 Å². The van der Waals surface area contributed by atoms with Crippen LogP contribution in [0.3, 0.4) is 0 Å². The van der Waals surface area contributed by atoms with Crippen molar-refractivity contribution in [3.8, 4) is 0 Å². The summed E-state index contributed by atoms with van der Waals surface area (Å²) < 4.78 is 4.68. The maximum Gasteiger partial charge on any atom is 0.323 e. The first-order valence-corrected chi connectivity index (χ1v) is 5.58. The molecule has 0 bridgehead atoms. The van der Waals surface area contributed by atoms with Gasteiger partial charge in [0.25, 0.3) is 0 Å². The second-order valence-electron chi connectivity index (χ2n) is 3.81. The Labute approximate surface area is 106 Å². The van der Waals surface area contributed by atoms with E-state index >= 15 is 0 Å². The van der Waals surface area contributed by atoms with E-state index in [1.807, 2.05) is 30.3 Å². The van der Waals surface area contributed by atoms with Crippen LogP contribution in [0.15, 0.2) is 35.4 Å². The van der Waals surface area contributed by atoms with Crippen LogP contribution in [-0.4, -0.2) is 25.2 Å². The third-order valence-electron chi connectivity index (χ3n) is 2.54. The fourth-order valence-electron chi connectivity index (χ4n) is 1.55. The summed E-state index contributed by atoms with van der Waals surface area (Å²) in [7, 11) is 1.31. The van der Waals surface area contributed by atoms with Gasteiger partial charge in [0.2, 0.25) is 0 Å². The second kappa shape index (κ2) is 7.32. The number of ether oxygens (including phenoxy) is 1. The van der Waals surface area contributed by atoms with Gasteiger partial charge in [-0.3, -0.25) is 10.1 Å². The normalized spacial score (nSPS) is 13.2. The summed E-state index contributed by atoms with van der Waals surface area (Å²) in [5, 5.41) is 6.56. The number of esters is 1. The molecule has 1 N–H and O–H groups in total. The first kappa shape index (κ1) is 14.0. The first-order chi connectivity index (χ1) is 8.69. The highest BCUT2D eigenvalue weighted by Gasteiger charge is 2.24. The molecular formula is C12H16N4O2. The molecule has 0 heterocycles. The van der Waals surface area contributed by atoms with Crippen LogP contribution < -0.4 is 5.32 Å². The van der Waals surface area contributed by atoms with E-state index < -0.39 is 18.1 Å². The molecule has 0 spiro atoms. The van der Waals surface area contributed by atoms with Gasteiger partial charge in [-0.05, 0) is 11.1 Å². The molecule has 0 saturated heterocycles. The lowest BCUT2D eigenvalue weighted by Crippen LogP contribution is -2.44. The Kier molecular flexibility index (Phi) is 5.70. The molecule has 0 radical (unpaired) electrons. The standard InChI is InChI=1S/C12H16N4O2/c1-9(15-16-13)11(12(17)18-2)14-8-10-6-4-3-5-7-10/h3-7,9,11,14H,8H2,1-2H3/t9-,11-/m0/s1. The lowest BCUT2D eigenvalue weighted by Gasteiger charge is -2.19. The van der Waals surface area contributed by atoms with Gasteiger partial charge >= 0.3 is 5.97 Å². The lowest BCUT2D eigenvalue weighted by molar-refractivity contribution is -0.143. The highest BCUT2D eigenvalue weighted by Crippen LogP contribution is 2.04. The smallest absolute Gasteiger partial charge is 0.323 e. The molecule has 0 amide bonds. The third kappa shape index (κ3) is 4.08. The maximum absolute atomic E-state index is 11.6. The van der Waals surface area contributed by atoms with Crippen molar-refractivity contribution in [2.24, 2.45) is 5.11 Å². The first-order valence-electron chi connectivity index (χ1n) is 5.58. The second-order valence-corrected chi connectivity index (χ2v) is 3.81. The summed E-state index contributed by atoms with van der Waals surface area (Å²) >= 11 is 0. The monoisotopic (exact) mass is 248 g/mol. The van der Waals surface area contributed by atoms with Crippen LogP contribution in [0.5, 0.6) is 0 Å². The molecule has 6 nitrogen and oxygen atoms in total. The van der Waals surface area contributed by atoms with Gasteiger partial charge in [-0.2, -0.15) is 0 Å². The van der Waals surface area contributed by atoms with E-state index in [-0.39, 0.29) is 0 Å². The number of methoxy groups -OCH3 is 1. The molecule has 1 aromatic rings. The minimum Gasteiger partial charge on any atom is -0.468 e. The Balaban J connectivity index is 2.67. The topological polar surface area (TPSA) is 87.1 Å². The van der Waals surface area contributed by atoms with Gasteiger partial charge in [0.05, 0.1) is 13.2 Å². The van der Waals surface area contributed by atoms with Crippen LogP contribution in [0.25, 0.3) is 10.4 Å². The van der Waals surface area contributed by atoms with Crippen LogP contribution in [0.2, 0.25) is 0 Å². The van der Waals surface area contributed by atoms with Crippen molar-refractivity contribution in [1.82, 2.24) is 5.32 Å². The highest BCUT2D eigenvalue weighted by molar-refractivity contribution is 5.76. The molecule has 0 unspecified atom stereocenters.